The topological polar surface area (TPSA) is 98.3 Å². The third-order valence-corrected chi connectivity index (χ3v) is 8.46. The number of aromatic nitrogens is 3. The van der Waals surface area contributed by atoms with Crippen LogP contribution in [0.2, 0.25) is 0 Å². The molecule has 0 amide bonds. The number of fused-ring (bicyclic) bond motifs is 1. The number of pyridine rings is 1. The van der Waals surface area contributed by atoms with Crippen LogP contribution in [0.3, 0.4) is 0 Å². The van der Waals surface area contributed by atoms with E-state index >= 15 is 0 Å². The van der Waals surface area contributed by atoms with Crippen molar-refractivity contribution < 1.29 is 14.3 Å². The predicted molar refractivity (Wildman–Crippen MR) is 138 cm³/mol. The van der Waals surface area contributed by atoms with Gasteiger partial charge < -0.3 is 14.9 Å². The molecular formula is C28H31FN6O2. The van der Waals surface area contributed by atoms with Crippen LogP contribution < -0.4 is 4.90 Å². The summed E-state index contributed by atoms with van der Waals surface area (Å²) in [6.45, 7) is 3.60. The highest BCUT2D eigenvalue weighted by atomic mass is 19.1. The zero-order chi connectivity index (χ0) is 25.5. The number of carbonyl (C=O) groups is 1. The highest BCUT2D eigenvalue weighted by Crippen LogP contribution is 2.43. The summed E-state index contributed by atoms with van der Waals surface area (Å²) >= 11 is 0. The molecule has 6 rings (SSSR count). The Balaban J connectivity index is 1.36. The van der Waals surface area contributed by atoms with Gasteiger partial charge in [0.1, 0.15) is 5.82 Å². The van der Waals surface area contributed by atoms with Crippen molar-refractivity contribution in [1.29, 1.82) is 5.26 Å². The van der Waals surface area contributed by atoms with E-state index in [-0.39, 0.29) is 17.4 Å². The number of nitrogens with zero attached hydrogens (tertiary/aromatic N) is 6. The second-order valence-electron chi connectivity index (χ2n) is 10.6. The Kier molecular flexibility index (Phi) is 6.29. The summed E-state index contributed by atoms with van der Waals surface area (Å²) in [4.78, 5) is 21.5. The largest absolute Gasteiger partial charge is 0.477 e. The number of halogens is 1. The van der Waals surface area contributed by atoms with Crippen LogP contribution in [0.25, 0.3) is 16.7 Å². The number of carboxylic acids is 1. The first-order valence-electron chi connectivity index (χ1n) is 13.3. The fourth-order valence-corrected chi connectivity index (χ4v) is 6.08. The quantitative estimate of drug-likeness (QED) is 0.539. The zero-order valence-corrected chi connectivity index (χ0v) is 20.8. The lowest BCUT2D eigenvalue weighted by molar-refractivity contribution is 0.0691. The van der Waals surface area contributed by atoms with Gasteiger partial charge in [0, 0.05) is 31.0 Å². The molecule has 0 bridgehead atoms. The summed E-state index contributed by atoms with van der Waals surface area (Å²) in [5.74, 6) is -0.910. The van der Waals surface area contributed by atoms with Crippen molar-refractivity contribution >= 4 is 22.7 Å². The Morgan fingerprint density at radius 2 is 1.73 bits per heavy atom. The summed E-state index contributed by atoms with van der Waals surface area (Å²) in [7, 11) is 0. The Morgan fingerprint density at radius 1 is 1.03 bits per heavy atom. The van der Waals surface area contributed by atoms with E-state index in [2.05, 4.69) is 20.9 Å². The van der Waals surface area contributed by atoms with Gasteiger partial charge >= 0.3 is 5.97 Å². The fourth-order valence-electron chi connectivity index (χ4n) is 6.08. The average Bonchev–Trinajstić information content (AvgIpc) is 3.27. The molecule has 0 unspecified atom stereocenters. The Bertz CT molecular complexity index is 1340. The molecule has 2 saturated heterocycles. The Hall–Kier alpha value is -3.51. The maximum atomic E-state index is 13.6. The second kappa shape index (κ2) is 9.75. The third kappa shape index (κ3) is 4.44. The van der Waals surface area contributed by atoms with Crippen molar-refractivity contribution in [2.24, 2.45) is 5.92 Å². The number of benzene rings is 1. The number of carboxylic acid groups (broad SMARTS) is 1. The lowest BCUT2D eigenvalue weighted by Gasteiger charge is -2.41. The van der Waals surface area contributed by atoms with Gasteiger partial charge in [0.2, 0.25) is 0 Å². The molecule has 37 heavy (non-hydrogen) atoms. The van der Waals surface area contributed by atoms with Gasteiger partial charge in [-0.2, -0.15) is 10.4 Å². The molecule has 3 aromatic rings. The Morgan fingerprint density at radius 3 is 2.32 bits per heavy atom. The van der Waals surface area contributed by atoms with Crippen LogP contribution in [0.4, 0.5) is 10.1 Å². The SMILES string of the molecule is N#CC1CCN(C2CCN(c3cc(C(=O)O)nc4c3c(C3CCC3)nn4-c3ccc(F)cc3)CC2)CC1. The van der Waals surface area contributed by atoms with E-state index in [4.69, 9.17) is 5.10 Å². The third-order valence-electron chi connectivity index (χ3n) is 8.46. The van der Waals surface area contributed by atoms with Crippen LogP contribution in [0, 0.1) is 23.1 Å². The van der Waals surface area contributed by atoms with Gasteiger partial charge in [0.05, 0.1) is 28.5 Å². The van der Waals surface area contributed by atoms with Gasteiger partial charge in [-0.1, -0.05) is 6.42 Å². The number of nitriles is 1. The highest BCUT2D eigenvalue weighted by Gasteiger charge is 2.33. The van der Waals surface area contributed by atoms with Crippen LogP contribution in [0.15, 0.2) is 30.3 Å². The van der Waals surface area contributed by atoms with Gasteiger partial charge in [-0.05, 0) is 81.9 Å². The molecule has 2 aromatic heterocycles. The average molecular weight is 503 g/mol. The van der Waals surface area contributed by atoms with Crippen LogP contribution in [-0.2, 0) is 0 Å². The molecule has 9 heteroatoms. The van der Waals surface area contributed by atoms with Crippen molar-refractivity contribution in [2.45, 2.75) is 56.9 Å². The van der Waals surface area contributed by atoms with Gasteiger partial charge in [-0.25, -0.2) is 18.9 Å². The molecule has 2 aliphatic heterocycles. The first-order valence-corrected chi connectivity index (χ1v) is 13.3. The van der Waals surface area contributed by atoms with Gasteiger partial charge in [-0.3, -0.25) is 0 Å². The molecule has 8 nitrogen and oxygen atoms in total. The van der Waals surface area contributed by atoms with Crippen LogP contribution >= 0.6 is 0 Å². The van der Waals surface area contributed by atoms with Crippen molar-refractivity contribution in [1.82, 2.24) is 19.7 Å². The molecule has 1 N–H and O–H groups in total. The minimum Gasteiger partial charge on any atom is -0.477 e. The van der Waals surface area contributed by atoms with Gasteiger partial charge in [0.15, 0.2) is 11.3 Å². The van der Waals surface area contributed by atoms with E-state index in [9.17, 15) is 19.6 Å². The molecule has 1 saturated carbocycles. The van der Waals surface area contributed by atoms with Crippen molar-refractivity contribution in [3.05, 3.63) is 47.5 Å². The molecule has 0 atom stereocenters. The molecule has 4 heterocycles. The number of aromatic carboxylic acids is 1. The summed E-state index contributed by atoms with van der Waals surface area (Å²) in [5, 5.41) is 25.0. The molecule has 0 radical (unpaired) electrons. The van der Waals surface area contributed by atoms with Crippen LogP contribution in [0.5, 0.6) is 0 Å². The van der Waals surface area contributed by atoms with Gasteiger partial charge in [-0.15, -0.1) is 0 Å². The predicted octanol–water partition coefficient (Wildman–Crippen LogP) is 4.73. The minimum atomic E-state index is -1.07. The first kappa shape index (κ1) is 23.9. The smallest absolute Gasteiger partial charge is 0.354 e. The van der Waals surface area contributed by atoms with E-state index in [0.717, 1.165) is 87.9 Å². The summed E-state index contributed by atoms with van der Waals surface area (Å²) in [5.41, 5.74) is 3.03. The lowest BCUT2D eigenvalue weighted by Crippen LogP contribution is -2.47. The Labute approximate surface area is 215 Å². The van der Waals surface area contributed by atoms with Crippen LogP contribution in [-0.4, -0.2) is 63.0 Å². The van der Waals surface area contributed by atoms with E-state index in [1.54, 1.807) is 22.9 Å². The molecule has 3 aliphatic rings. The number of likely N-dealkylation sites (tertiary alicyclic amines) is 1. The van der Waals surface area contributed by atoms with Crippen molar-refractivity contribution in [3.63, 3.8) is 0 Å². The maximum Gasteiger partial charge on any atom is 0.354 e. The summed E-state index contributed by atoms with van der Waals surface area (Å²) in [6, 6.07) is 10.7. The maximum absolute atomic E-state index is 13.6. The van der Waals surface area contributed by atoms with E-state index in [1.807, 2.05) is 0 Å². The first-order chi connectivity index (χ1) is 18.0. The molecule has 1 aliphatic carbocycles. The number of piperidine rings is 2. The zero-order valence-electron chi connectivity index (χ0n) is 20.8. The molecule has 3 fully saturated rings. The molecular weight excluding hydrogens is 471 g/mol. The second-order valence-corrected chi connectivity index (χ2v) is 10.6. The summed E-state index contributed by atoms with van der Waals surface area (Å²) < 4.78 is 15.3. The number of hydrogen-bond donors (Lipinski definition) is 1. The lowest BCUT2D eigenvalue weighted by atomic mass is 9.82. The van der Waals surface area contributed by atoms with Crippen molar-refractivity contribution in [3.8, 4) is 11.8 Å². The van der Waals surface area contributed by atoms with E-state index < -0.39 is 5.97 Å². The fraction of sp³-hybridized carbons (Fsp3) is 0.500. The highest BCUT2D eigenvalue weighted by molar-refractivity contribution is 5.98. The number of rotatable bonds is 5. The van der Waals surface area contributed by atoms with Crippen LogP contribution in [0.1, 0.15) is 67.0 Å². The van der Waals surface area contributed by atoms with Gasteiger partial charge in [0.25, 0.3) is 0 Å². The molecule has 192 valence electrons. The monoisotopic (exact) mass is 502 g/mol. The summed E-state index contributed by atoms with van der Waals surface area (Å²) in [6.07, 6.45) is 7.13. The minimum absolute atomic E-state index is 0.00776. The molecule has 1 aromatic carbocycles. The molecule has 0 spiro atoms. The van der Waals surface area contributed by atoms with E-state index in [1.165, 1.54) is 12.1 Å². The number of hydrogen-bond acceptors (Lipinski definition) is 6. The van der Waals surface area contributed by atoms with E-state index in [0.29, 0.717) is 23.3 Å². The standard InChI is InChI=1S/C28H31FN6O2/c29-20-4-6-22(7-5-20)35-27-25(26(32-35)19-2-1-3-19)24(16-23(31-27)28(36)37)34-14-10-21(11-15-34)33-12-8-18(17-30)9-13-33/h4-7,16,18-19,21H,1-3,8-15H2,(H,36,37). The normalized spacial score (nSPS) is 20.2. The number of anilines is 1. The van der Waals surface area contributed by atoms with Crippen molar-refractivity contribution in [2.75, 3.05) is 31.1 Å².